The minimum absolute atomic E-state index is 0.0633. The predicted molar refractivity (Wildman–Crippen MR) is 106 cm³/mol. The topological polar surface area (TPSA) is 87.1 Å². The molecule has 0 aliphatic carbocycles. The van der Waals surface area contributed by atoms with Gasteiger partial charge in [-0.1, -0.05) is 30.3 Å². The van der Waals surface area contributed by atoms with Crippen molar-refractivity contribution in [3.05, 3.63) is 35.9 Å². The molecule has 2 amide bonds. The van der Waals surface area contributed by atoms with E-state index in [0.29, 0.717) is 37.6 Å². The molecule has 4 rings (SSSR count). The van der Waals surface area contributed by atoms with Crippen molar-refractivity contribution < 1.29 is 18.0 Å². The van der Waals surface area contributed by atoms with Gasteiger partial charge in [-0.15, -0.1) is 0 Å². The molecular weight excluding hydrogens is 378 g/mol. The summed E-state index contributed by atoms with van der Waals surface area (Å²) >= 11 is 0. The van der Waals surface area contributed by atoms with Gasteiger partial charge in [-0.3, -0.25) is 9.59 Å². The molecule has 1 atom stereocenters. The lowest BCUT2D eigenvalue weighted by Crippen LogP contribution is -2.46. The molecule has 0 N–H and O–H groups in total. The summed E-state index contributed by atoms with van der Waals surface area (Å²) in [6.07, 6.45) is 2.74. The van der Waals surface area contributed by atoms with E-state index in [2.05, 4.69) is 17.2 Å². The molecule has 0 aromatic heterocycles. The van der Waals surface area contributed by atoms with Crippen LogP contribution in [0.3, 0.4) is 0 Å². The number of rotatable bonds is 3. The summed E-state index contributed by atoms with van der Waals surface area (Å²) < 4.78 is 23.5. The van der Waals surface area contributed by atoms with Crippen molar-refractivity contribution in [2.24, 2.45) is 5.10 Å². The van der Waals surface area contributed by atoms with Gasteiger partial charge < -0.3 is 4.90 Å². The molecule has 2 fully saturated rings. The smallest absolute Gasteiger partial charge is 0.270 e. The van der Waals surface area contributed by atoms with Gasteiger partial charge in [0.05, 0.1) is 17.5 Å². The molecule has 150 valence electrons. The number of hydrogen-bond donors (Lipinski definition) is 0. The molecule has 0 saturated carbocycles. The zero-order valence-electron chi connectivity index (χ0n) is 15.8. The Morgan fingerprint density at radius 2 is 1.75 bits per heavy atom. The van der Waals surface area contributed by atoms with Gasteiger partial charge in [-0.2, -0.15) is 5.10 Å². The summed E-state index contributed by atoms with van der Waals surface area (Å²) in [5, 5.41) is 5.57. The van der Waals surface area contributed by atoms with Gasteiger partial charge in [0, 0.05) is 25.9 Å². The lowest BCUT2D eigenvalue weighted by molar-refractivity contribution is -0.134. The highest BCUT2D eigenvalue weighted by atomic mass is 32.2. The SMILES string of the molecule is O=C(C1=NN([C@@H]2CCS(=O)(=O)C2)C(=O)CC1)N1CCC(c2ccccc2)CC1. The molecular formula is C20H25N3O4S. The first-order valence-electron chi connectivity index (χ1n) is 9.87. The number of carbonyl (C=O) groups is 2. The quantitative estimate of drug-likeness (QED) is 0.766. The van der Waals surface area contributed by atoms with Crippen molar-refractivity contribution in [1.82, 2.24) is 9.91 Å². The molecule has 3 aliphatic heterocycles. The molecule has 7 nitrogen and oxygen atoms in total. The zero-order chi connectivity index (χ0) is 19.7. The van der Waals surface area contributed by atoms with E-state index >= 15 is 0 Å². The summed E-state index contributed by atoms with van der Waals surface area (Å²) in [4.78, 5) is 27.0. The van der Waals surface area contributed by atoms with Gasteiger partial charge in [0.15, 0.2) is 9.84 Å². The highest BCUT2D eigenvalue weighted by Gasteiger charge is 2.38. The van der Waals surface area contributed by atoms with Crippen molar-refractivity contribution in [1.29, 1.82) is 0 Å². The van der Waals surface area contributed by atoms with Crippen molar-refractivity contribution in [3.63, 3.8) is 0 Å². The minimum Gasteiger partial charge on any atom is -0.338 e. The van der Waals surface area contributed by atoms with Crippen molar-refractivity contribution >= 4 is 27.4 Å². The van der Waals surface area contributed by atoms with Gasteiger partial charge >= 0.3 is 0 Å². The third kappa shape index (κ3) is 3.97. The fourth-order valence-corrected chi connectivity index (χ4v) is 5.99. The average molecular weight is 404 g/mol. The Hall–Kier alpha value is -2.22. The molecule has 1 aromatic rings. The van der Waals surface area contributed by atoms with Crippen molar-refractivity contribution in [2.45, 2.75) is 44.1 Å². The van der Waals surface area contributed by atoms with Crippen LogP contribution in [0.5, 0.6) is 0 Å². The zero-order valence-corrected chi connectivity index (χ0v) is 16.6. The fourth-order valence-electron chi connectivity index (χ4n) is 4.30. The first kappa shape index (κ1) is 19.1. The molecule has 2 saturated heterocycles. The van der Waals surface area contributed by atoms with E-state index in [1.807, 2.05) is 23.1 Å². The highest BCUT2D eigenvalue weighted by Crippen LogP contribution is 2.28. The van der Waals surface area contributed by atoms with Crippen molar-refractivity contribution in [2.75, 3.05) is 24.6 Å². The van der Waals surface area contributed by atoms with E-state index in [1.54, 1.807) is 0 Å². The Morgan fingerprint density at radius 3 is 2.39 bits per heavy atom. The number of amides is 2. The monoisotopic (exact) mass is 403 g/mol. The van der Waals surface area contributed by atoms with Gasteiger partial charge in [0.2, 0.25) is 5.91 Å². The normalized spacial score (nSPS) is 25.6. The second kappa shape index (κ2) is 7.66. The van der Waals surface area contributed by atoms with E-state index in [0.717, 1.165) is 12.8 Å². The molecule has 0 unspecified atom stereocenters. The molecule has 8 heteroatoms. The molecule has 28 heavy (non-hydrogen) atoms. The van der Waals surface area contributed by atoms with Crippen LogP contribution in [-0.2, 0) is 19.4 Å². The molecule has 3 aliphatic rings. The molecule has 0 spiro atoms. The van der Waals surface area contributed by atoms with Crippen LogP contribution in [-0.4, -0.2) is 66.5 Å². The lowest BCUT2D eigenvalue weighted by Gasteiger charge is -2.34. The molecule has 3 heterocycles. The fraction of sp³-hybridized carbons (Fsp3) is 0.550. The third-order valence-electron chi connectivity index (χ3n) is 5.91. The van der Waals surface area contributed by atoms with E-state index < -0.39 is 15.9 Å². The summed E-state index contributed by atoms with van der Waals surface area (Å²) in [6, 6.07) is 9.91. The van der Waals surface area contributed by atoms with Crippen molar-refractivity contribution in [3.8, 4) is 0 Å². The maximum atomic E-state index is 12.9. The number of sulfone groups is 1. The number of piperidine rings is 1. The van der Waals surface area contributed by atoms with Crippen LogP contribution in [0, 0.1) is 0 Å². The van der Waals surface area contributed by atoms with Crippen LogP contribution in [0.1, 0.15) is 43.6 Å². The van der Waals surface area contributed by atoms with Crippen LogP contribution >= 0.6 is 0 Å². The first-order chi connectivity index (χ1) is 13.4. The van der Waals surface area contributed by atoms with E-state index in [1.165, 1.54) is 10.6 Å². The summed E-state index contributed by atoms with van der Waals surface area (Å²) in [7, 11) is -3.12. The van der Waals surface area contributed by atoms with Crippen LogP contribution in [0.15, 0.2) is 35.4 Å². The van der Waals surface area contributed by atoms with E-state index in [4.69, 9.17) is 0 Å². The Bertz CT molecular complexity index is 889. The molecule has 0 radical (unpaired) electrons. The number of benzene rings is 1. The maximum absolute atomic E-state index is 12.9. The van der Waals surface area contributed by atoms with Crippen LogP contribution < -0.4 is 0 Å². The highest BCUT2D eigenvalue weighted by molar-refractivity contribution is 7.91. The standard InChI is InChI=1S/C20H25N3O4S/c24-19-7-6-18(21-23(19)17-10-13-28(26,27)14-17)20(25)22-11-8-16(9-12-22)15-4-2-1-3-5-15/h1-5,16-17H,6-14H2/t17-/m1/s1. The Labute approximate surface area is 165 Å². The van der Waals surface area contributed by atoms with Crippen LogP contribution in [0.4, 0.5) is 0 Å². The lowest BCUT2D eigenvalue weighted by atomic mass is 9.89. The second-order valence-electron chi connectivity index (χ2n) is 7.82. The number of nitrogens with zero attached hydrogens (tertiary/aromatic N) is 3. The number of likely N-dealkylation sites (tertiary alicyclic amines) is 1. The van der Waals surface area contributed by atoms with Gasteiger partial charge in [0.1, 0.15) is 5.71 Å². The predicted octanol–water partition coefficient (Wildman–Crippen LogP) is 1.56. The number of carbonyl (C=O) groups excluding carboxylic acids is 2. The van der Waals surface area contributed by atoms with E-state index in [-0.39, 0.29) is 29.7 Å². The average Bonchev–Trinajstić information content (AvgIpc) is 3.08. The third-order valence-corrected chi connectivity index (χ3v) is 7.66. The van der Waals surface area contributed by atoms with Crippen LogP contribution in [0.2, 0.25) is 0 Å². The van der Waals surface area contributed by atoms with E-state index in [9.17, 15) is 18.0 Å². The summed E-state index contributed by atoms with van der Waals surface area (Å²) in [5.74, 6) is 0.158. The molecule has 1 aromatic carbocycles. The minimum atomic E-state index is -3.12. The Balaban J connectivity index is 1.42. The van der Waals surface area contributed by atoms with Gasteiger partial charge in [0.25, 0.3) is 5.91 Å². The number of hydrogen-bond acceptors (Lipinski definition) is 5. The Kier molecular flexibility index (Phi) is 5.23. The van der Waals surface area contributed by atoms with Crippen LogP contribution in [0.25, 0.3) is 0 Å². The summed E-state index contributed by atoms with van der Waals surface area (Å²) in [5.41, 5.74) is 1.69. The maximum Gasteiger partial charge on any atom is 0.270 e. The Morgan fingerprint density at radius 1 is 1.04 bits per heavy atom. The largest absolute Gasteiger partial charge is 0.338 e. The second-order valence-corrected chi connectivity index (χ2v) is 10.0. The first-order valence-corrected chi connectivity index (χ1v) is 11.7. The number of hydrazone groups is 1. The van der Waals surface area contributed by atoms with Gasteiger partial charge in [-0.05, 0) is 30.7 Å². The van der Waals surface area contributed by atoms with Gasteiger partial charge in [-0.25, -0.2) is 13.4 Å². The summed E-state index contributed by atoms with van der Waals surface area (Å²) in [6.45, 7) is 1.34. The molecule has 0 bridgehead atoms.